The molecule has 2 aromatic heterocycles. The Labute approximate surface area is 321 Å². The molecule has 18 nitrogen and oxygen atoms in total. The van der Waals surface area contributed by atoms with Crippen molar-refractivity contribution in [3.05, 3.63) is 132 Å². The van der Waals surface area contributed by atoms with Crippen LogP contribution >= 0.6 is 7.75 Å². The molecule has 22 heteroatoms. The molecule has 2 aliphatic rings. The highest BCUT2D eigenvalue weighted by atomic mass is 31.2. The zero-order chi connectivity index (χ0) is 41.7. The smallest absolute Gasteiger partial charge is 0.406 e. The molecule has 9 atom stereocenters. The number of aliphatic hydroxyl groups is 3. The molecule has 6 rings (SSSR count). The molecule has 2 aliphatic heterocycles. The standard InChI is InChI=1S/C25H28F2N3O8P.C10H13FN2O5/c1-25(27)22(32)20(38-23(25)30-11-10-21(31)29-24(30)33)15-37-39(34,28-13-16-6-4-3-5-7-16)36-14-17-8-9-19(35-2)18(26)12-17;1-10(11)7(16)5(4-14)18-8(10)13-3-2-6(15)12-9(13)17/h3-12,20,22-23,32H,13-15H2,1-2H3,(H,28,34)(H,29,31,33);2-3,5,7-8,14,16H,4H2,1H3,(H,12,15,17). The predicted molar refractivity (Wildman–Crippen MR) is 193 cm³/mol. The number of aliphatic hydroxyl groups excluding tert-OH is 3. The molecule has 4 aromatic rings. The van der Waals surface area contributed by atoms with Gasteiger partial charge in [0.2, 0.25) is 0 Å². The number of aromatic amines is 2. The summed E-state index contributed by atoms with van der Waals surface area (Å²) in [5.74, 6) is -0.613. The van der Waals surface area contributed by atoms with Crippen molar-refractivity contribution >= 4 is 7.75 Å². The van der Waals surface area contributed by atoms with E-state index in [1.54, 1.807) is 24.3 Å². The molecule has 0 radical (unpaired) electrons. The number of ether oxygens (including phenoxy) is 3. The highest BCUT2D eigenvalue weighted by Gasteiger charge is 2.56. The minimum atomic E-state index is -4.15. The maximum Gasteiger partial charge on any atom is 0.406 e. The number of alkyl halides is 2. The Balaban J connectivity index is 0.000000287. The lowest BCUT2D eigenvalue weighted by Gasteiger charge is -2.24. The van der Waals surface area contributed by atoms with Crippen molar-refractivity contribution in [3.8, 4) is 5.75 Å². The minimum Gasteiger partial charge on any atom is -0.494 e. The van der Waals surface area contributed by atoms with Crippen LogP contribution < -0.4 is 32.3 Å². The number of rotatable bonds is 13. The molecule has 310 valence electrons. The predicted octanol–water partition coefficient (Wildman–Crippen LogP) is 1.32. The summed E-state index contributed by atoms with van der Waals surface area (Å²) in [5.41, 5.74) is -6.72. The number of aromatic nitrogens is 4. The number of benzene rings is 2. The van der Waals surface area contributed by atoms with Crippen molar-refractivity contribution < 1.29 is 56.3 Å². The van der Waals surface area contributed by atoms with Gasteiger partial charge in [-0.15, -0.1) is 0 Å². The van der Waals surface area contributed by atoms with Crippen LogP contribution in [0.15, 0.2) is 92.2 Å². The molecule has 57 heavy (non-hydrogen) atoms. The van der Waals surface area contributed by atoms with Crippen LogP contribution in [-0.2, 0) is 36.2 Å². The van der Waals surface area contributed by atoms with Crippen molar-refractivity contribution in [1.82, 2.24) is 24.2 Å². The van der Waals surface area contributed by atoms with Crippen LogP contribution in [0.25, 0.3) is 0 Å². The Kier molecular flexibility index (Phi) is 13.6. The molecular weight excluding hydrogens is 786 g/mol. The minimum absolute atomic E-state index is 0.0261. The SMILES string of the molecule is CC1(F)C(O)C(CO)OC1n1ccc(=O)[nH]c1=O.COc1ccc(COP(=O)(NCc2ccccc2)OCC2OC(n3ccc(=O)[nH]c3=O)C(C)(F)C2O)cc1F. The second kappa shape index (κ2) is 17.8. The van der Waals surface area contributed by atoms with Crippen molar-refractivity contribution in [2.45, 2.75) is 75.2 Å². The second-order valence-electron chi connectivity index (χ2n) is 13.3. The zero-order valence-electron chi connectivity index (χ0n) is 30.6. The summed E-state index contributed by atoms with van der Waals surface area (Å²) in [5, 5.41) is 31.9. The summed E-state index contributed by atoms with van der Waals surface area (Å²) in [6.07, 6.45) is -6.73. The summed E-state index contributed by atoms with van der Waals surface area (Å²) in [4.78, 5) is 50.0. The zero-order valence-corrected chi connectivity index (χ0v) is 31.5. The van der Waals surface area contributed by atoms with Gasteiger partial charge in [-0.1, -0.05) is 36.4 Å². The van der Waals surface area contributed by atoms with E-state index in [-0.39, 0.29) is 18.9 Å². The van der Waals surface area contributed by atoms with Crippen LogP contribution in [0.2, 0.25) is 0 Å². The van der Waals surface area contributed by atoms with Gasteiger partial charge >= 0.3 is 19.1 Å². The van der Waals surface area contributed by atoms with E-state index in [0.717, 1.165) is 59.1 Å². The Morgan fingerprint density at radius 1 is 0.825 bits per heavy atom. The first-order valence-electron chi connectivity index (χ1n) is 17.2. The largest absolute Gasteiger partial charge is 0.494 e. The van der Waals surface area contributed by atoms with Gasteiger partial charge in [-0.05, 0) is 37.1 Å². The van der Waals surface area contributed by atoms with Crippen LogP contribution in [0.3, 0.4) is 0 Å². The van der Waals surface area contributed by atoms with Gasteiger partial charge in [0.25, 0.3) is 11.1 Å². The van der Waals surface area contributed by atoms with Gasteiger partial charge in [0.05, 0.1) is 26.9 Å². The number of methoxy groups -OCH3 is 1. The maximum absolute atomic E-state index is 15.5. The number of nitrogens with one attached hydrogen (secondary N) is 3. The topological polar surface area (TPSA) is 246 Å². The van der Waals surface area contributed by atoms with E-state index >= 15 is 4.39 Å². The number of hydrogen-bond acceptors (Lipinski definition) is 13. The summed E-state index contributed by atoms with van der Waals surface area (Å²) < 4.78 is 85.9. The fourth-order valence-corrected chi connectivity index (χ4v) is 7.28. The lowest BCUT2D eigenvalue weighted by Crippen LogP contribution is -2.43. The maximum atomic E-state index is 15.5. The van der Waals surface area contributed by atoms with Crippen molar-refractivity contribution in [1.29, 1.82) is 0 Å². The van der Waals surface area contributed by atoms with Gasteiger partial charge in [-0.3, -0.25) is 37.7 Å². The van der Waals surface area contributed by atoms with Crippen molar-refractivity contribution in [2.24, 2.45) is 0 Å². The molecule has 9 unspecified atom stereocenters. The molecular formula is C35H41F3N5O13P. The number of halogens is 3. The lowest BCUT2D eigenvalue weighted by molar-refractivity contribution is -0.0611. The molecule has 0 bridgehead atoms. The molecule has 4 heterocycles. The third kappa shape index (κ3) is 9.89. The quantitative estimate of drug-likeness (QED) is 0.104. The summed E-state index contributed by atoms with van der Waals surface area (Å²) >= 11 is 0. The highest BCUT2D eigenvalue weighted by Crippen LogP contribution is 2.48. The lowest BCUT2D eigenvalue weighted by atomic mass is 9.98. The van der Waals surface area contributed by atoms with E-state index in [9.17, 15) is 42.7 Å². The average molecular weight is 828 g/mol. The summed E-state index contributed by atoms with van der Waals surface area (Å²) in [7, 11) is -2.82. The van der Waals surface area contributed by atoms with Crippen molar-refractivity contribution in [3.63, 3.8) is 0 Å². The normalized spacial score (nSPS) is 28.0. The van der Waals surface area contributed by atoms with Crippen LogP contribution in [0.5, 0.6) is 5.75 Å². The van der Waals surface area contributed by atoms with Gasteiger partial charge in [0, 0.05) is 31.1 Å². The van der Waals surface area contributed by atoms with Crippen molar-refractivity contribution in [2.75, 3.05) is 20.3 Å². The van der Waals surface area contributed by atoms with E-state index < -0.39 is 97.5 Å². The molecule has 0 spiro atoms. The first kappa shape index (κ1) is 43.4. The van der Waals surface area contributed by atoms with Gasteiger partial charge in [-0.2, -0.15) is 0 Å². The van der Waals surface area contributed by atoms with E-state index in [1.807, 2.05) is 16.0 Å². The Bertz CT molecular complexity index is 2290. The highest BCUT2D eigenvalue weighted by molar-refractivity contribution is 7.51. The van der Waals surface area contributed by atoms with E-state index in [2.05, 4.69) is 5.09 Å². The Hall–Kier alpha value is -4.70. The fraction of sp³-hybridized carbons (Fsp3) is 0.429. The first-order chi connectivity index (χ1) is 26.9. The van der Waals surface area contributed by atoms with Gasteiger partial charge < -0.3 is 29.5 Å². The molecule has 2 aromatic carbocycles. The van der Waals surface area contributed by atoms with Crippen LogP contribution in [0.1, 0.15) is 37.4 Å². The number of nitrogens with zero attached hydrogens (tertiary/aromatic N) is 2. The number of hydrogen-bond donors (Lipinski definition) is 6. The first-order valence-corrected chi connectivity index (χ1v) is 18.7. The van der Waals surface area contributed by atoms with Gasteiger partial charge in [-0.25, -0.2) is 32.4 Å². The molecule has 0 saturated carbocycles. The van der Waals surface area contributed by atoms with E-state index in [4.69, 9.17) is 28.4 Å². The van der Waals surface area contributed by atoms with Gasteiger partial charge in [0.15, 0.2) is 35.4 Å². The van der Waals surface area contributed by atoms with Crippen LogP contribution in [0, 0.1) is 5.82 Å². The van der Waals surface area contributed by atoms with E-state index in [0.29, 0.717) is 5.56 Å². The Morgan fingerprint density at radius 2 is 1.37 bits per heavy atom. The molecule has 2 fully saturated rings. The fourth-order valence-electron chi connectivity index (χ4n) is 5.98. The molecule has 0 aliphatic carbocycles. The Morgan fingerprint density at radius 3 is 1.86 bits per heavy atom. The van der Waals surface area contributed by atoms with E-state index in [1.165, 1.54) is 19.2 Å². The average Bonchev–Trinajstić information content (AvgIpc) is 3.54. The second-order valence-corrected chi connectivity index (χ2v) is 15.1. The third-order valence-electron chi connectivity index (χ3n) is 9.17. The summed E-state index contributed by atoms with van der Waals surface area (Å²) in [6, 6.07) is 15.1. The monoisotopic (exact) mass is 827 g/mol. The summed E-state index contributed by atoms with van der Waals surface area (Å²) in [6.45, 7) is 0.682. The third-order valence-corrected chi connectivity index (χ3v) is 10.7. The van der Waals surface area contributed by atoms with Gasteiger partial charge in [0.1, 0.15) is 24.4 Å². The molecule has 6 N–H and O–H groups in total. The number of H-pyrrole nitrogens is 2. The molecule has 2 saturated heterocycles. The van der Waals surface area contributed by atoms with Crippen LogP contribution in [0.4, 0.5) is 13.2 Å². The van der Waals surface area contributed by atoms with Crippen LogP contribution in [-0.4, -0.2) is 90.5 Å². The molecule has 0 amide bonds.